The third-order valence-electron chi connectivity index (χ3n) is 3.58. The Hall–Kier alpha value is -0.510. The van der Waals surface area contributed by atoms with E-state index in [1.807, 2.05) is 11.8 Å². The Kier molecular flexibility index (Phi) is 6.21. The average Bonchev–Trinajstić information content (AvgIpc) is 2.84. The maximum atomic E-state index is 3.52. The molecule has 0 unspecified atom stereocenters. The van der Waals surface area contributed by atoms with Gasteiger partial charge in [-0.3, -0.25) is 0 Å². The predicted molar refractivity (Wildman–Crippen MR) is 85.2 cm³/mol. The van der Waals surface area contributed by atoms with Gasteiger partial charge in [-0.05, 0) is 76.1 Å². The number of hydrogen-bond acceptors (Lipinski definition) is 3. The average molecular weight is 278 g/mol. The first-order valence-electron chi connectivity index (χ1n) is 7.36. The molecule has 0 spiro atoms. The number of nitrogens with one attached hydrogen (secondary N) is 1. The van der Waals surface area contributed by atoms with Gasteiger partial charge in [0.05, 0.1) is 0 Å². The van der Waals surface area contributed by atoms with Crippen LogP contribution >= 0.6 is 11.8 Å². The fourth-order valence-electron chi connectivity index (χ4n) is 2.52. The minimum atomic E-state index is 1.11. The summed E-state index contributed by atoms with van der Waals surface area (Å²) in [7, 11) is 4.26. The van der Waals surface area contributed by atoms with E-state index in [-0.39, 0.29) is 0 Å². The van der Waals surface area contributed by atoms with Crippen LogP contribution in [0.1, 0.15) is 24.0 Å². The normalized spacial score (nSPS) is 14.1. The first-order chi connectivity index (χ1) is 9.25. The molecule has 1 aromatic carbocycles. The molecule has 0 aliphatic heterocycles. The van der Waals surface area contributed by atoms with Crippen molar-refractivity contribution < 1.29 is 0 Å². The van der Waals surface area contributed by atoms with Gasteiger partial charge in [0, 0.05) is 17.2 Å². The van der Waals surface area contributed by atoms with Crippen LogP contribution < -0.4 is 5.32 Å². The van der Waals surface area contributed by atoms with Gasteiger partial charge in [-0.15, -0.1) is 11.8 Å². The fourth-order valence-corrected chi connectivity index (χ4v) is 3.40. The van der Waals surface area contributed by atoms with Crippen molar-refractivity contribution in [2.45, 2.75) is 30.6 Å². The molecule has 0 saturated heterocycles. The van der Waals surface area contributed by atoms with Crippen LogP contribution in [0.4, 0.5) is 0 Å². The Morgan fingerprint density at radius 2 is 2.00 bits per heavy atom. The Balaban J connectivity index is 1.58. The van der Waals surface area contributed by atoms with Crippen molar-refractivity contribution >= 4 is 11.8 Å². The number of nitrogens with zero attached hydrogens (tertiary/aromatic N) is 1. The van der Waals surface area contributed by atoms with Crippen molar-refractivity contribution in [3.63, 3.8) is 0 Å². The minimum Gasteiger partial charge on any atom is -0.316 e. The van der Waals surface area contributed by atoms with E-state index < -0.39 is 0 Å². The van der Waals surface area contributed by atoms with E-state index >= 15 is 0 Å². The van der Waals surface area contributed by atoms with Crippen LogP contribution in [0, 0.1) is 0 Å². The zero-order valence-corrected chi connectivity index (χ0v) is 13.1. The van der Waals surface area contributed by atoms with Crippen LogP contribution in [0.3, 0.4) is 0 Å². The Morgan fingerprint density at radius 3 is 2.84 bits per heavy atom. The van der Waals surface area contributed by atoms with Gasteiger partial charge in [-0.1, -0.05) is 6.07 Å². The molecule has 0 bridgehead atoms. The summed E-state index contributed by atoms with van der Waals surface area (Å²) in [6.07, 6.45) is 5.15. The lowest BCUT2D eigenvalue weighted by Gasteiger charge is -2.10. The minimum absolute atomic E-state index is 1.11. The molecule has 19 heavy (non-hydrogen) atoms. The van der Waals surface area contributed by atoms with E-state index in [9.17, 15) is 0 Å². The summed E-state index contributed by atoms with van der Waals surface area (Å²) >= 11 is 1.98. The van der Waals surface area contributed by atoms with Crippen molar-refractivity contribution in [3.8, 4) is 0 Å². The highest BCUT2D eigenvalue weighted by Crippen LogP contribution is 2.27. The molecule has 2 nitrogen and oxygen atoms in total. The molecule has 2 rings (SSSR count). The first-order valence-corrected chi connectivity index (χ1v) is 8.34. The number of rotatable bonds is 8. The molecule has 1 N–H and O–H groups in total. The van der Waals surface area contributed by atoms with Crippen LogP contribution in [-0.4, -0.2) is 44.4 Å². The van der Waals surface area contributed by atoms with Gasteiger partial charge in [0.2, 0.25) is 0 Å². The molecule has 1 aromatic rings. The third-order valence-corrected chi connectivity index (χ3v) is 4.57. The maximum Gasteiger partial charge on any atom is 0.0106 e. The number of thioether (sulfide) groups is 1. The Morgan fingerprint density at radius 1 is 1.16 bits per heavy atom. The van der Waals surface area contributed by atoms with E-state index in [1.165, 1.54) is 42.9 Å². The summed E-state index contributed by atoms with van der Waals surface area (Å²) in [6.45, 7) is 3.41. The first kappa shape index (κ1) is 14.9. The molecule has 0 aromatic heterocycles. The van der Waals surface area contributed by atoms with Gasteiger partial charge in [0.25, 0.3) is 0 Å². The van der Waals surface area contributed by atoms with Gasteiger partial charge in [-0.25, -0.2) is 0 Å². The second kappa shape index (κ2) is 7.93. The zero-order valence-electron chi connectivity index (χ0n) is 12.2. The lowest BCUT2D eigenvalue weighted by Crippen LogP contribution is -2.23. The molecule has 0 saturated carbocycles. The molecule has 1 aliphatic rings. The number of hydrogen-bond donors (Lipinski definition) is 1. The molecule has 0 amide bonds. The van der Waals surface area contributed by atoms with Gasteiger partial charge in [0.15, 0.2) is 0 Å². The van der Waals surface area contributed by atoms with Crippen LogP contribution in [0.15, 0.2) is 23.1 Å². The zero-order chi connectivity index (χ0) is 13.5. The van der Waals surface area contributed by atoms with Crippen molar-refractivity contribution in [1.82, 2.24) is 10.2 Å². The Bertz CT molecular complexity index is 390. The van der Waals surface area contributed by atoms with E-state index in [4.69, 9.17) is 0 Å². The third kappa shape index (κ3) is 5.17. The highest BCUT2D eigenvalue weighted by molar-refractivity contribution is 7.99. The summed E-state index contributed by atoms with van der Waals surface area (Å²) in [6, 6.07) is 7.02. The molecular weight excluding hydrogens is 252 g/mol. The smallest absolute Gasteiger partial charge is 0.0106 e. The molecule has 0 heterocycles. The molecule has 106 valence electrons. The van der Waals surface area contributed by atoms with E-state index in [0.717, 1.165) is 13.1 Å². The molecule has 0 radical (unpaired) electrons. The number of benzene rings is 1. The van der Waals surface area contributed by atoms with Crippen molar-refractivity contribution in [2.24, 2.45) is 0 Å². The van der Waals surface area contributed by atoms with Crippen LogP contribution in [0.25, 0.3) is 0 Å². The van der Waals surface area contributed by atoms with Crippen LogP contribution in [0.5, 0.6) is 0 Å². The monoisotopic (exact) mass is 278 g/mol. The molecular formula is C16H26N2S. The second-order valence-corrected chi connectivity index (χ2v) is 6.71. The molecule has 0 atom stereocenters. The molecule has 0 fully saturated rings. The predicted octanol–water partition coefficient (Wildman–Crippen LogP) is 2.81. The SMILES string of the molecule is CN(C)CCCNCCSc1ccc2c(c1)CCC2. The van der Waals surface area contributed by atoms with E-state index in [1.54, 1.807) is 11.1 Å². The quantitative estimate of drug-likeness (QED) is 0.581. The van der Waals surface area contributed by atoms with Gasteiger partial charge in [-0.2, -0.15) is 0 Å². The van der Waals surface area contributed by atoms with Crippen LogP contribution in [-0.2, 0) is 12.8 Å². The highest BCUT2D eigenvalue weighted by atomic mass is 32.2. The summed E-state index contributed by atoms with van der Waals surface area (Å²) in [4.78, 5) is 3.68. The van der Waals surface area contributed by atoms with Gasteiger partial charge in [0.1, 0.15) is 0 Å². The largest absolute Gasteiger partial charge is 0.316 e. The summed E-state index contributed by atoms with van der Waals surface area (Å²) < 4.78 is 0. The lowest BCUT2D eigenvalue weighted by atomic mass is 10.1. The highest BCUT2D eigenvalue weighted by Gasteiger charge is 2.10. The summed E-state index contributed by atoms with van der Waals surface area (Å²) in [5, 5.41) is 3.52. The number of fused-ring (bicyclic) bond motifs is 1. The molecule has 3 heteroatoms. The van der Waals surface area contributed by atoms with E-state index in [2.05, 4.69) is 42.5 Å². The maximum absolute atomic E-state index is 3.52. The second-order valence-electron chi connectivity index (χ2n) is 5.54. The van der Waals surface area contributed by atoms with Crippen molar-refractivity contribution in [1.29, 1.82) is 0 Å². The number of aryl methyl sites for hydroxylation is 2. The summed E-state index contributed by atoms with van der Waals surface area (Å²) in [5.41, 5.74) is 3.16. The van der Waals surface area contributed by atoms with Crippen LogP contribution in [0.2, 0.25) is 0 Å². The van der Waals surface area contributed by atoms with Gasteiger partial charge < -0.3 is 10.2 Å². The van der Waals surface area contributed by atoms with Crippen molar-refractivity contribution in [3.05, 3.63) is 29.3 Å². The van der Waals surface area contributed by atoms with Gasteiger partial charge >= 0.3 is 0 Å². The lowest BCUT2D eigenvalue weighted by molar-refractivity contribution is 0.396. The van der Waals surface area contributed by atoms with E-state index in [0.29, 0.717) is 0 Å². The topological polar surface area (TPSA) is 15.3 Å². The summed E-state index contributed by atoms with van der Waals surface area (Å²) in [5.74, 6) is 1.17. The van der Waals surface area contributed by atoms with Crippen molar-refractivity contribution in [2.75, 3.05) is 39.5 Å². The fraction of sp³-hybridized carbons (Fsp3) is 0.625. The Labute approximate surface area is 122 Å². The molecule has 1 aliphatic carbocycles. The standard InChI is InChI=1S/C16H26N2S/c1-18(2)11-4-9-17-10-12-19-16-8-7-14-5-3-6-15(14)13-16/h7-8,13,17H,3-6,9-12H2,1-2H3.